The number of hydrogen-bond donors (Lipinski definition) is 1. The van der Waals surface area contributed by atoms with Crippen LogP contribution in [-0.2, 0) is 4.74 Å². The molecule has 1 aromatic rings. The maximum absolute atomic E-state index is 12.7. The van der Waals surface area contributed by atoms with E-state index in [1.54, 1.807) is 19.1 Å². The highest BCUT2D eigenvalue weighted by molar-refractivity contribution is 5.99. The molecule has 1 heterocycles. The van der Waals surface area contributed by atoms with Gasteiger partial charge in [0.05, 0.1) is 17.1 Å². The smallest absolute Gasteiger partial charge is 0.288 e. The Kier molecular flexibility index (Phi) is 4.69. The van der Waals surface area contributed by atoms with Gasteiger partial charge in [-0.2, -0.15) is 0 Å². The normalized spacial score (nSPS) is 13.8. The van der Waals surface area contributed by atoms with Gasteiger partial charge in [0, 0.05) is 32.8 Å². The molecule has 0 spiro atoms. The van der Waals surface area contributed by atoms with Crippen molar-refractivity contribution >= 4 is 17.4 Å². The standard InChI is InChI=1S/C13H18N4O4/c1-14-12-11(7-10(8-15-12)17(19)20)13(18)16(5-6-21-2)9-3-4-9/h7-9H,3-6H2,1-2H3,(H,14,15). The quantitative estimate of drug-likeness (QED) is 0.601. The summed E-state index contributed by atoms with van der Waals surface area (Å²) >= 11 is 0. The number of nitro groups is 1. The minimum absolute atomic E-state index is 0.191. The maximum atomic E-state index is 12.7. The molecule has 8 nitrogen and oxygen atoms in total. The number of methoxy groups -OCH3 is 1. The van der Waals surface area contributed by atoms with E-state index < -0.39 is 4.92 Å². The van der Waals surface area contributed by atoms with Gasteiger partial charge >= 0.3 is 0 Å². The van der Waals surface area contributed by atoms with E-state index in [2.05, 4.69) is 10.3 Å². The third-order valence-corrected chi connectivity index (χ3v) is 3.34. The van der Waals surface area contributed by atoms with Gasteiger partial charge in [-0.3, -0.25) is 14.9 Å². The molecule has 1 N–H and O–H groups in total. The molecule has 0 aliphatic heterocycles. The van der Waals surface area contributed by atoms with E-state index in [9.17, 15) is 14.9 Å². The molecule has 1 aliphatic rings. The van der Waals surface area contributed by atoms with Crippen LogP contribution in [0.15, 0.2) is 12.3 Å². The van der Waals surface area contributed by atoms with Gasteiger partial charge in [0.1, 0.15) is 12.0 Å². The first-order chi connectivity index (χ1) is 10.1. The molecule has 1 aromatic heterocycles. The zero-order chi connectivity index (χ0) is 15.4. The van der Waals surface area contributed by atoms with Crippen molar-refractivity contribution in [3.63, 3.8) is 0 Å². The number of ether oxygens (including phenoxy) is 1. The molecule has 1 amide bonds. The number of anilines is 1. The predicted octanol–water partition coefficient (Wildman–Crippen LogP) is 1.28. The van der Waals surface area contributed by atoms with E-state index in [0.717, 1.165) is 19.0 Å². The van der Waals surface area contributed by atoms with E-state index in [4.69, 9.17) is 4.74 Å². The molecule has 0 radical (unpaired) electrons. The van der Waals surface area contributed by atoms with Crippen molar-refractivity contribution in [2.45, 2.75) is 18.9 Å². The molecule has 1 fully saturated rings. The van der Waals surface area contributed by atoms with E-state index >= 15 is 0 Å². The molecule has 114 valence electrons. The Morgan fingerprint density at radius 2 is 2.33 bits per heavy atom. The second kappa shape index (κ2) is 6.49. The van der Waals surface area contributed by atoms with E-state index in [-0.39, 0.29) is 23.2 Å². The zero-order valence-electron chi connectivity index (χ0n) is 12.0. The minimum atomic E-state index is -0.556. The Hall–Kier alpha value is -2.22. The fourth-order valence-corrected chi connectivity index (χ4v) is 2.10. The largest absolute Gasteiger partial charge is 0.383 e. The first kappa shape index (κ1) is 15.2. The molecule has 0 unspecified atom stereocenters. The summed E-state index contributed by atoms with van der Waals surface area (Å²) in [6.07, 6.45) is 3.04. The Morgan fingerprint density at radius 3 is 2.86 bits per heavy atom. The Bertz CT molecular complexity index is 545. The summed E-state index contributed by atoms with van der Waals surface area (Å²) in [6.45, 7) is 0.894. The fraction of sp³-hybridized carbons (Fsp3) is 0.538. The molecule has 0 aromatic carbocycles. The summed E-state index contributed by atoms with van der Waals surface area (Å²) in [5.41, 5.74) is 0.0227. The third kappa shape index (κ3) is 3.46. The predicted molar refractivity (Wildman–Crippen MR) is 76.4 cm³/mol. The minimum Gasteiger partial charge on any atom is -0.383 e. The number of nitrogens with one attached hydrogen (secondary N) is 1. The van der Waals surface area contributed by atoms with Crippen molar-refractivity contribution in [2.24, 2.45) is 0 Å². The number of rotatable bonds is 7. The molecule has 21 heavy (non-hydrogen) atoms. The number of hydrogen-bond acceptors (Lipinski definition) is 6. The Labute approximate surface area is 122 Å². The Balaban J connectivity index is 2.30. The van der Waals surface area contributed by atoms with Gasteiger partial charge in [0.25, 0.3) is 11.6 Å². The Morgan fingerprint density at radius 1 is 1.62 bits per heavy atom. The lowest BCUT2D eigenvalue weighted by Gasteiger charge is -2.22. The van der Waals surface area contributed by atoms with Gasteiger partial charge in [-0.15, -0.1) is 0 Å². The zero-order valence-corrected chi connectivity index (χ0v) is 12.0. The highest BCUT2D eigenvalue weighted by Gasteiger charge is 2.34. The van der Waals surface area contributed by atoms with Gasteiger partial charge in [0.15, 0.2) is 0 Å². The van der Waals surface area contributed by atoms with Crippen molar-refractivity contribution < 1.29 is 14.5 Å². The van der Waals surface area contributed by atoms with Gasteiger partial charge in [-0.25, -0.2) is 4.98 Å². The molecule has 0 bridgehead atoms. The van der Waals surface area contributed by atoms with E-state index in [0.29, 0.717) is 19.0 Å². The number of pyridine rings is 1. The van der Waals surface area contributed by atoms with Crippen LogP contribution in [-0.4, -0.2) is 54.1 Å². The average molecular weight is 294 g/mol. The second-order valence-electron chi connectivity index (χ2n) is 4.82. The molecule has 8 heteroatoms. The maximum Gasteiger partial charge on any atom is 0.288 e. The van der Waals surface area contributed by atoms with Crippen LogP contribution in [0, 0.1) is 10.1 Å². The van der Waals surface area contributed by atoms with Crippen molar-refractivity contribution in [3.8, 4) is 0 Å². The molecule has 0 atom stereocenters. The molecular formula is C13H18N4O4. The van der Waals surface area contributed by atoms with Crippen LogP contribution < -0.4 is 5.32 Å². The van der Waals surface area contributed by atoms with Crippen LogP contribution >= 0.6 is 0 Å². The topological polar surface area (TPSA) is 97.6 Å². The van der Waals surface area contributed by atoms with Crippen LogP contribution in [0.1, 0.15) is 23.2 Å². The second-order valence-corrected chi connectivity index (χ2v) is 4.82. The van der Waals surface area contributed by atoms with Gasteiger partial charge < -0.3 is 15.0 Å². The van der Waals surface area contributed by atoms with Crippen LogP contribution in [0.3, 0.4) is 0 Å². The third-order valence-electron chi connectivity index (χ3n) is 3.34. The molecule has 1 saturated carbocycles. The fourth-order valence-electron chi connectivity index (χ4n) is 2.10. The van der Waals surface area contributed by atoms with Crippen LogP contribution in [0.25, 0.3) is 0 Å². The van der Waals surface area contributed by atoms with Crippen molar-refractivity contribution in [2.75, 3.05) is 32.6 Å². The van der Waals surface area contributed by atoms with E-state index in [1.807, 2.05) is 0 Å². The van der Waals surface area contributed by atoms with Crippen LogP contribution in [0.5, 0.6) is 0 Å². The lowest BCUT2D eigenvalue weighted by molar-refractivity contribution is -0.385. The summed E-state index contributed by atoms with van der Waals surface area (Å²) in [6, 6.07) is 1.46. The first-order valence-corrected chi connectivity index (χ1v) is 6.70. The first-order valence-electron chi connectivity index (χ1n) is 6.70. The molecular weight excluding hydrogens is 276 g/mol. The van der Waals surface area contributed by atoms with Gasteiger partial charge in [-0.1, -0.05) is 0 Å². The number of amides is 1. The molecule has 0 saturated heterocycles. The van der Waals surface area contributed by atoms with E-state index in [1.165, 1.54) is 6.07 Å². The van der Waals surface area contributed by atoms with Gasteiger partial charge in [0.2, 0.25) is 0 Å². The summed E-state index contributed by atoms with van der Waals surface area (Å²) < 4.78 is 5.02. The molecule has 2 rings (SSSR count). The summed E-state index contributed by atoms with van der Waals surface area (Å²) in [5.74, 6) is 0.0868. The number of carbonyl (C=O) groups is 1. The van der Waals surface area contributed by atoms with Crippen molar-refractivity contribution in [1.82, 2.24) is 9.88 Å². The summed E-state index contributed by atoms with van der Waals surface area (Å²) in [7, 11) is 3.20. The van der Waals surface area contributed by atoms with Crippen LogP contribution in [0.2, 0.25) is 0 Å². The van der Waals surface area contributed by atoms with Crippen LogP contribution in [0.4, 0.5) is 11.5 Å². The number of aromatic nitrogens is 1. The van der Waals surface area contributed by atoms with Gasteiger partial charge in [-0.05, 0) is 12.8 Å². The number of carbonyl (C=O) groups excluding carboxylic acids is 1. The summed E-state index contributed by atoms with van der Waals surface area (Å²) in [5, 5.41) is 13.7. The monoisotopic (exact) mass is 294 g/mol. The lowest BCUT2D eigenvalue weighted by Crippen LogP contribution is -2.36. The lowest BCUT2D eigenvalue weighted by atomic mass is 10.2. The highest BCUT2D eigenvalue weighted by Crippen LogP contribution is 2.30. The molecule has 1 aliphatic carbocycles. The average Bonchev–Trinajstić information content (AvgIpc) is 3.31. The van der Waals surface area contributed by atoms with Crippen molar-refractivity contribution in [3.05, 3.63) is 27.9 Å². The highest BCUT2D eigenvalue weighted by atomic mass is 16.6. The number of nitrogens with zero attached hydrogens (tertiary/aromatic N) is 3. The SMILES string of the molecule is CNc1ncc([N+](=O)[O-])cc1C(=O)N(CCOC)C1CC1. The summed E-state index contributed by atoms with van der Waals surface area (Å²) in [4.78, 5) is 28.6. The van der Waals surface area contributed by atoms with Crippen molar-refractivity contribution in [1.29, 1.82) is 0 Å².